The Hall–Kier alpha value is -2.50. The van der Waals surface area contributed by atoms with Crippen LogP contribution in [0, 0.1) is 5.92 Å². The molecule has 2 saturated heterocycles. The van der Waals surface area contributed by atoms with Crippen LogP contribution in [0.2, 0.25) is 0 Å². The average Bonchev–Trinajstić information content (AvgIpc) is 3.08. The molecule has 0 unspecified atom stereocenters. The van der Waals surface area contributed by atoms with Gasteiger partial charge in [0.05, 0.1) is 18.5 Å². The number of nitrogens with one attached hydrogen (secondary N) is 1. The molecule has 1 N–H and O–H groups in total. The van der Waals surface area contributed by atoms with Gasteiger partial charge in [-0.15, -0.1) is 0 Å². The Morgan fingerprint density at radius 1 is 0.917 bits per heavy atom. The van der Waals surface area contributed by atoms with E-state index < -0.39 is 6.04 Å². The molecule has 0 saturated carbocycles. The van der Waals surface area contributed by atoms with E-state index in [1.165, 1.54) is 4.90 Å². The molecule has 0 bridgehead atoms. The van der Waals surface area contributed by atoms with E-state index in [0.717, 1.165) is 11.1 Å². The van der Waals surface area contributed by atoms with Gasteiger partial charge in [0.1, 0.15) is 6.04 Å². The number of hydrogen-bond acceptors (Lipinski definition) is 4. The van der Waals surface area contributed by atoms with E-state index in [2.05, 4.69) is 5.43 Å². The minimum absolute atomic E-state index is 0.0976. The van der Waals surface area contributed by atoms with Crippen LogP contribution in [0.25, 0.3) is 0 Å². The lowest BCUT2D eigenvalue weighted by Crippen LogP contribution is -2.42. The third-order valence-corrected chi connectivity index (χ3v) is 4.87. The fraction of sp³-hybridized carbons (Fsp3) is 0.263. The van der Waals surface area contributed by atoms with Crippen LogP contribution in [0.15, 0.2) is 60.7 Å². The third-order valence-electron chi connectivity index (χ3n) is 4.87. The number of likely N-dealkylation sites (tertiary alicyclic amines) is 1. The summed E-state index contributed by atoms with van der Waals surface area (Å²) in [5.74, 6) is -0.601. The van der Waals surface area contributed by atoms with Gasteiger partial charge in [-0.05, 0) is 11.1 Å². The second-order valence-electron chi connectivity index (χ2n) is 6.35. The molecule has 0 aromatic heterocycles. The SMILES string of the molecule is CN1N[C@@H](c2ccccc2)[C@H]2C(=O)N(Cc3ccccc3)C(=O)[C@@H]21. The Kier molecular flexibility index (Phi) is 3.67. The number of fused-ring (bicyclic) bond motifs is 1. The number of nitrogens with zero attached hydrogens (tertiary/aromatic N) is 2. The first-order valence-electron chi connectivity index (χ1n) is 8.10. The average molecular weight is 321 g/mol. The number of hydrogen-bond donors (Lipinski definition) is 1. The van der Waals surface area contributed by atoms with Gasteiger partial charge in [0, 0.05) is 7.05 Å². The quantitative estimate of drug-likeness (QED) is 0.875. The molecule has 2 aromatic rings. The Morgan fingerprint density at radius 2 is 1.54 bits per heavy atom. The second kappa shape index (κ2) is 5.85. The molecule has 2 amide bonds. The molecule has 2 aliphatic rings. The highest BCUT2D eigenvalue weighted by Crippen LogP contribution is 2.39. The maximum Gasteiger partial charge on any atom is 0.249 e. The topological polar surface area (TPSA) is 52.7 Å². The normalized spacial score (nSPS) is 26.9. The van der Waals surface area contributed by atoms with Crippen LogP contribution in [-0.2, 0) is 16.1 Å². The Balaban J connectivity index is 1.64. The predicted molar refractivity (Wildman–Crippen MR) is 89.4 cm³/mol. The molecular weight excluding hydrogens is 302 g/mol. The van der Waals surface area contributed by atoms with Crippen LogP contribution in [-0.4, -0.2) is 34.8 Å². The number of benzene rings is 2. The summed E-state index contributed by atoms with van der Waals surface area (Å²) < 4.78 is 0. The smallest absolute Gasteiger partial charge is 0.249 e. The highest BCUT2D eigenvalue weighted by atomic mass is 16.2. The Labute approximate surface area is 140 Å². The monoisotopic (exact) mass is 321 g/mol. The van der Waals surface area contributed by atoms with Gasteiger partial charge in [-0.3, -0.25) is 14.5 Å². The summed E-state index contributed by atoms with van der Waals surface area (Å²) in [7, 11) is 1.83. The zero-order valence-corrected chi connectivity index (χ0v) is 13.4. The van der Waals surface area contributed by atoms with Crippen molar-refractivity contribution >= 4 is 11.8 Å². The molecule has 5 nitrogen and oxygen atoms in total. The summed E-state index contributed by atoms with van der Waals surface area (Å²) in [6, 6.07) is 18.9. The molecule has 0 aliphatic carbocycles. The summed E-state index contributed by atoms with van der Waals surface area (Å²) in [5, 5.41) is 1.79. The molecule has 2 heterocycles. The van der Waals surface area contributed by atoms with E-state index in [4.69, 9.17) is 0 Å². The zero-order valence-electron chi connectivity index (χ0n) is 13.4. The van der Waals surface area contributed by atoms with Crippen molar-refractivity contribution in [1.29, 1.82) is 0 Å². The number of rotatable bonds is 3. The number of carbonyl (C=O) groups excluding carboxylic acids is 2. The first-order chi connectivity index (χ1) is 11.7. The maximum atomic E-state index is 13.0. The molecule has 4 rings (SSSR count). The van der Waals surface area contributed by atoms with Crippen LogP contribution in [0.3, 0.4) is 0 Å². The van der Waals surface area contributed by atoms with Crippen LogP contribution in [0.5, 0.6) is 0 Å². The summed E-state index contributed by atoms with van der Waals surface area (Å²) in [5.41, 5.74) is 5.27. The zero-order chi connectivity index (χ0) is 16.7. The van der Waals surface area contributed by atoms with Gasteiger partial charge in [-0.1, -0.05) is 60.7 Å². The molecule has 24 heavy (non-hydrogen) atoms. The van der Waals surface area contributed by atoms with Gasteiger partial charge in [0.2, 0.25) is 11.8 Å². The molecule has 122 valence electrons. The van der Waals surface area contributed by atoms with E-state index >= 15 is 0 Å². The predicted octanol–water partition coefficient (Wildman–Crippen LogP) is 1.73. The van der Waals surface area contributed by atoms with Gasteiger partial charge in [-0.2, -0.15) is 0 Å². The number of likely N-dealkylation sites (N-methyl/N-ethyl adjacent to an activating group) is 1. The maximum absolute atomic E-state index is 13.0. The van der Waals surface area contributed by atoms with Crippen molar-refractivity contribution in [1.82, 2.24) is 15.3 Å². The van der Waals surface area contributed by atoms with Crippen molar-refractivity contribution < 1.29 is 9.59 Å². The number of carbonyl (C=O) groups is 2. The molecule has 3 atom stereocenters. The van der Waals surface area contributed by atoms with E-state index in [1.807, 2.05) is 67.7 Å². The van der Waals surface area contributed by atoms with Crippen molar-refractivity contribution in [3.8, 4) is 0 Å². The highest BCUT2D eigenvalue weighted by Gasteiger charge is 2.57. The van der Waals surface area contributed by atoms with Gasteiger partial charge >= 0.3 is 0 Å². The summed E-state index contributed by atoms with van der Waals surface area (Å²) in [4.78, 5) is 27.2. The third kappa shape index (κ3) is 2.33. The van der Waals surface area contributed by atoms with E-state index in [9.17, 15) is 9.59 Å². The number of hydrazine groups is 1. The van der Waals surface area contributed by atoms with Gasteiger partial charge in [0.25, 0.3) is 0 Å². The van der Waals surface area contributed by atoms with Crippen LogP contribution >= 0.6 is 0 Å². The second-order valence-corrected chi connectivity index (χ2v) is 6.35. The van der Waals surface area contributed by atoms with Gasteiger partial charge in [-0.25, -0.2) is 10.4 Å². The Morgan fingerprint density at radius 3 is 2.21 bits per heavy atom. The molecule has 2 aliphatic heterocycles. The van der Waals surface area contributed by atoms with Crippen molar-refractivity contribution in [3.05, 3.63) is 71.8 Å². The molecule has 5 heteroatoms. The minimum Gasteiger partial charge on any atom is -0.276 e. The van der Waals surface area contributed by atoms with Gasteiger partial charge < -0.3 is 0 Å². The lowest BCUT2D eigenvalue weighted by molar-refractivity contribution is -0.142. The fourth-order valence-corrected chi connectivity index (χ4v) is 3.71. The molecule has 0 radical (unpaired) electrons. The molecule has 2 fully saturated rings. The summed E-state index contributed by atoms with van der Waals surface area (Å²) >= 11 is 0. The van der Waals surface area contributed by atoms with Crippen molar-refractivity contribution in [2.75, 3.05) is 7.05 Å². The highest BCUT2D eigenvalue weighted by molar-refractivity contribution is 6.07. The van der Waals surface area contributed by atoms with E-state index in [0.29, 0.717) is 6.54 Å². The first kappa shape index (κ1) is 15.1. The van der Waals surface area contributed by atoms with E-state index in [-0.39, 0.29) is 23.8 Å². The number of imide groups is 1. The van der Waals surface area contributed by atoms with Crippen LogP contribution in [0.1, 0.15) is 17.2 Å². The fourth-order valence-electron chi connectivity index (χ4n) is 3.71. The summed E-state index contributed by atoms with van der Waals surface area (Å²) in [6.45, 7) is 0.334. The Bertz CT molecular complexity index is 763. The van der Waals surface area contributed by atoms with Crippen molar-refractivity contribution in [3.63, 3.8) is 0 Å². The van der Waals surface area contributed by atoms with Crippen LogP contribution < -0.4 is 5.43 Å². The molecule has 0 spiro atoms. The molecular formula is C19H19N3O2. The van der Waals surface area contributed by atoms with Crippen molar-refractivity contribution in [2.45, 2.75) is 18.6 Å². The van der Waals surface area contributed by atoms with Crippen LogP contribution in [0.4, 0.5) is 0 Å². The largest absolute Gasteiger partial charge is 0.276 e. The van der Waals surface area contributed by atoms with Gasteiger partial charge in [0.15, 0.2) is 0 Å². The lowest BCUT2D eigenvalue weighted by Gasteiger charge is -2.22. The molecule has 2 aromatic carbocycles. The van der Waals surface area contributed by atoms with Crippen molar-refractivity contribution in [2.24, 2.45) is 5.92 Å². The number of amides is 2. The first-order valence-corrected chi connectivity index (χ1v) is 8.10. The lowest BCUT2D eigenvalue weighted by atomic mass is 9.91. The van der Waals surface area contributed by atoms with E-state index in [1.54, 1.807) is 5.01 Å². The minimum atomic E-state index is -0.439. The standard InChI is InChI=1S/C19H19N3O2/c1-21-17-15(16(20-21)14-10-6-3-7-11-14)18(23)22(19(17)24)12-13-8-4-2-5-9-13/h2-11,15-17,20H,12H2,1H3/t15-,16+,17-/m1/s1. The summed E-state index contributed by atoms with van der Waals surface area (Å²) in [6.07, 6.45) is 0.